The highest BCUT2D eigenvalue weighted by Gasteiger charge is 2.07. The molecule has 0 aliphatic carbocycles. The molecule has 0 saturated carbocycles. The number of hydrogen-bond acceptors (Lipinski definition) is 0. The molecule has 0 aliphatic heterocycles. The Morgan fingerprint density at radius 3 is 1.03 bits per heavy atom. The summed E-state index contributed by atoms with van der Waals surface area (Å²) in [5, 5.41) is 0. The van der Waals surface area contributed by atoms with Gasteiger partial charge in [-0.2, -0.15) is 0 Å². The van der Waals surface area contributed by atoms with Gasteiger partial charge in [-0.15, -0.1) is 0 Å². The normalized spacial score (nSPS) is 12.1. The fourth-order valence-electron chi connectivity index (χ4n) is 3.59. The average molecular weight is 387 g/mol. The van der Waals surface area contributed by atoms with Crippen LogP contribution in [0.2, 0.25) is 0 Å². The lowest BCUT2D eigenvalue weighted by Gasteiger charge is -2.11. The first-order valence-electron chi connectivity index (χ1n) is 10.4. The van der Waals surface area contributed by atoms with Crippen molar-refractivity contribution in [3.05, 3.63) is 155 Å². The van der Waals surface area contributed by atoms with Gasteiger partial charge in [-0.3, -0.25) is 0 Å². The molecule has 0 saturated heterocycles. The summed E-state index contributed by atoms with van der Waals surface area (Å²) in [5.74, 6) is 0. The zero-order chi connectivity index (χ0) is 20.8. The van der Waals surface area contributed by atoms with Gasteiger partial charge in [0, 0.05) is 0 Å². The Labute approximate surface area is 179 Å². The van der Waals surface area contributed by atoms with Crippen molar-refractivity contribution in [3.63, 3.8) is 0 Å². The van der Waals surface area contributed by atoms with Crippen molar-refractivity contribution in [2.24, 2.45) is 0 Å². The van der Waals surface area contributed by atoms with Gasteiger partial charge in [0.25, 0.3) is 0 Å². The van der Waals surface area contributed by atoms with Crippen LogP contribution in [0.3, 0.4) is 0 Å². The minimum atomic E-state index is 1.22. The number of hydrogen-bond donors (Lipinski definition) is 0. The Bertz CT molecular complexity index is 1050. The summed E-state index contributed by atoms with van der Waals surface area (Å²) in [6.07, 6.45) is 4.50. The van der Waals surface area contributed by atoms with Gasteiger partial charge in [-0.05, 0) is 47.2 Å². The Kier molecular flexibility index (Phi) is 6.06. The molecule has 4 rings (SSSR count). The van der Waals surface area contributed by atoms with Crippen LogP contribution in [0.1, 0.15) is 33.4 Å². The highest BCUT2D eigenvalue weighted by molar-refractivity contribution is 5.86. The fourth-order valence-corrected chi connectivity index (χ4v) is 3.59. The smallest absolute Gasteiger partial charge is 0.0111 e. The van der Waals surface area contributed by atoms with E-state index in [9.17, 15) is 0 Å². The zero-order valence-corrected chi connectivity index (χ0v) is 17.5. The average Bonchev–Trinajstić information content (AvgIpc) is 2.80. The summed E-state index contributed by atoms with van der Waals surface area (Å²) in [4.78, 5) is 0. The van der Waals surface area contributed by atoms with E-state index in [1.165, 1.54) is 44.5 Å². The summed E-state index contributed by atoms with van der Waals surface area (Å²) in [6, 6.07) is 38.7. The number of allylic oxidation sites excluding steroid dienone is 2. The molecule has 0 radical (unpaired) electrons. The monoisotopic (exact) mass is 386 g/mol. The van der Waals surface area contributed by atoms with Gasteiger partial charge < -0.3 is 0 Å². The van der Waals surface area contributed by atoms with E-state index in [-0.39, 0.29) is 0 Å². The van der Waals surface area contributed by atoms with Crippen molar-refractivity contribution < 1.29 is 0 Å². The quantitative estimate of drug-likeness (QED) is 0.306. The first-order chi connectivity index (χ1) is 14.7. The second-order valence-corrected chi connectivity index (χ2v) is 7.62. The Morgan fingerprint density at radius 1 is 0.400 bits per heavy atom. The molecule has 146 valence electrons. The Hall–Kier alpha value is -3.64. The standard InChI is InChI=1S/C30H26/c1-23-13-17-27(18-14-23)29(25-9-5-3-6-10-25)21-22-30(26-11-7-4-8-12-26)28-19-15-24(2)16-20-28/h3-22H,1-2H3/b29-21+,30-22+. The van der Waals surface area contributed by atoms with Crippen molar-refractivity contribution in [1.82, 2.24) is 0 Å². The van der Waals surface area contributed by atoms with Crippen LogP contribution < -0.4 is 0 Å². The molecule has 0 heteroatoms. The molecular weight excluding hydrogens is 360 g/mol. The number of rotatable bonds is 5. The number of benzene rings is 4. The van der Waals surface area contributed by atoms with Gasteiger partial charge in [-0.25, -0.2) is 0 Å². The molecule has 0 amide bonds. The van der Waals surface area contributed by atoms with E-state index < -0.39 is 0 Å². The second-order valence-electron chi connectivity index (χ2n) is 7.62. The van der Waals surface area contributed by atoms with E-state index in [1.54, 1.807) is 0 Å². The van der Waals surface area contributed by atoms with Crippen molar-refractivity contribution in [1.29, 1.82) is 0 Å². The molecule has 0 N–H and O–H groups in total. The lowest BCUT2D eigenvalue weighted by Crippen LogP contribution is -1.90. The molecule has 0 aromatic heterocycles. The minimum absolute atomic E-state index is 1.22. The molecule has 4 aromatic carbocycles. The van der Waals surface area contributed by atoms with Crippen LogP contribution in [-0.2, 0) is 0 Å². The van der Waals surface area contributed by atoms with Gasteiger partial charge in [0.1, 0.15) is 0 Å². The van der Waals surface area contributed by atoms with Crippen molar-refractivity contribution in [3.8, 4) is 0 Å². The van der Waals surface area contributed by atoms with E-state index >= 15 is 0 Å². The zero-order valence-electron chi connectivity index (χ0n) is 17.5. The molecule has 0 atom stereocenters. The molecule has 0 unspecified atom stereocenters. The SMILES string of the molecule is Cc1ccc(/C(=C/C=C(\c2ccccc2)c2ccc(C)cc2)c2ccccc2)cc1. The summed E-state index contributed by atoms with van der Waals surface area (Å²) in [7, 11) is 0. The fraction of sp³-hybridized carbons (Fsp3) is 0.0667. The molecule has 30 heavy (non-hydrogen) atoms. The number of aryl methyl sites for hydroxylation is 2. The van der Waals surface area contributed by atoms with E-state index in [1.807, 2.05) is 0 Å². The van der Waals surface area contributed by atoms with Crippen LogP contribution in [-0.4, -0.2) is 0 Å². The summed E-state index contributed by atoms with van der Waals surface area (Å²) < 4.78 is 0. The highest BCUT2D eigenvalue weighted by Crippen LogP contribution is 2.28. The van der Waals surface area contributed by atoms with Gasteiger partial charge in [-0.1, -0.05) is 132 Å². The molecule has 4 aromatic rings. The predicted molar refractivity (Wildman–Crippen MR) is 129 cm³/mol. The Morgan fingerprint density at radius 2 is 0.700 bits per heavy atom. The summed E-state index contributed by atoms with van der Waals surface area (Å²) in [6.45, 7) is 4.25. The topological polar surface area (TPSA) is 0 Å². The third-order valence-electron chi connectivity index (χ3n) is 5.31. The first kappa shape index (κ1) is 19.7. The van der Waals surface area contributed by atoms with E-state index in [0.29, 0.717) is 0 Å². The van der Waals surface area contributed by atoms with Crippen molar-refractivity contribution in [2.75, 3.05) is 0 Å². The van der Waals surface area contributed by atoms with Crippen LogP contribution in [0.15, 0.2) is 121 Å². The third-order valence-corrected chi connectivity index (χ3v) is 5.31. The third kappa shape index (κ3) is 4.67. The second kappa shape index (κ2) is 9.24. The molecule has 0 spiro atoms. The molecule has 0 nitrogen and oxygen atoms in total. The molecule has 0 fully saturated rings. The first-order valence-corrected chi connectivity index (χ1v) is 10.4. The van der Waals surface area contributed by atoms with Crippen LogP contribution >= 0.6 is 0 Å². The van der Waals surface area contributed by atoms with Crippen LogP contribution in [0, 0.1) is 13.8 Å². The summed E-state index contributed by atoms with van der Waals surface area (Å²) in [5.41, 5.74) is 9.85. The van der Waals surface area contributed by atoms with E-state index in [2.05, 4.69) is 135 Å². The van der Waals surface area contributed by atoms with Gasteiger partial charge in [0.15, 0.2) is 0 Å². The van der Waals surface area contributed by atoms with Crippen LogP contribution in [0.25, 0.3) is 11.1 Å². The van der Waals surface area contributed by atoms with Gasteiger partial charge in [0.2, 0.25) is 0 Å². The lowest BCUT2D eigenvalue weighted by atomic mass is 9.93. The molecule has 0 bridgehead atoms. The highest BCUT2D eigenvalue weighted by atomic mass is 14.1. The van der Waals surface area contributed by atoms with Gasteiger partial charge in [0.05, 0.1) is 0 Å². The molecular formula is C30H26. The maximum atomic E-state index is 2.25. The summed E-state index contributed by atoms with van der Waals surface area (Å²) >= 11 is 0. The molecule has 0 aliphatic rings. The Balaban J connectivity index is 1.87. The van der Waals surface area contributed by atoms with E-state index in [4.69, 9.17) is 0 Å². The van der Waals surface area contributed by atoms with Crippen molar-refractivity contribution >= 4 is 11.1 Å². The molecule has 0 heterocycles. The largest absolute Gasteiger partial charge is 0.0622 e. The lowest BCUT2D eigenvalue weighted by molar-refractivity contribution is 1.44. The maximum absolute atomic E-state index is 2.25. The van der Waals surface area contributed by atoms with Crippen LogP contribution in [0.5, 0.6) is 0 Å². The maximum Gasteiger partial charge on any atom is -0.0111 e. The van der Waals surface area contributed by atoms with Gasteiger partial charge >= 0.3 is 0 Å². The van der Waals surface area contributed by atoms with E-state index in [0.717, 1.165) is 0 Å². The van der Waals surface area contributed by atoms with Crippen LogP contribution in [0.4, 0.5) is 0 Å². The van der Waals surface area contributed by atoms with Crippen molar-refractivity contribution in [2.45, 2.75) is 13.8 Å². The predicted octanol–water partition coefficient (Wildman–Crippen LogP) is 7.87. The minimum Gasteiger partial charge on any atom is -0.0622 e.